The van der Waals surface area contributed by atoms with E-state index in [4.69, 9.17) is 11.6 Å². The second-order valence-electron chi connectivity index (χ2n) is 1.25. The summed E-state index contributed by atoms with van der Waals surface area (Å²) in [7, 11) is 0. The molecule has 0 saturated heterocycles. The average molecular weight is 131 g/mol. The van der Waals surface area contributed by atoms with E-state index in [1.54, 1.807) is 0 Å². The highest BCUT2D eigenvalue weighted by molar-refractivity contribution is 6.28. The summed E-state index contributed by atoms with van der Waals surface area (Å²) in [5, 5.41) is 0.123. The molecule has 0 aliphatic carbocycles. The molecule has 42 valence electrons. The maximum Gasteiger partial charge on any atom is 0.337 e. The van der Waals surface area contributed by atoms with E-state index in [9.17, 15) is 4.79 Å². The first-order valence-electron chi connectivity index (χ1n) is 2.05. The van der Waals surface area contributed by atoms with Gasteiger partial charge >= 0.3 is 5.63 Å². The maximum absolute atomic E-state index is 10.2. The van der Waals surface area contributed by atoms with Gasteiger partial charge in [-0.1, -0.05) is 6.07 Å². The Morgan fingerprint density at radius 1 is 1.50 bits per heavy atom. The topological polar surface area (TPSA) is 30.2 Å². The monoisotopic (exact) mass is 130 g/mol. The van der Waals surface area contributed by atoms with Crippen LogP contribution in [0.3, 0.4) is 0 Å². The zero-order valence-corrected chi connectivity index (χ0v) is 4.68. The zero-order valence-electron chi connectivity index (χ0n) is 3.93. The smallest absolute Gasteiger partial charge is 0.337 e. The standard InChI is InChI=1S/C5H3ClO2/c6-4-2-1-3-5(7)8-4/h1-3H. The van der Waals surface area contributed by atoms with Gasteiger partial charge in [-0.15, -0.1) is 0 Å². The lowest BCUT2D eigenvalue weighted by atomic mass is 10.5. The molecule has 8 heavy (non-hydrogen) atoms. The van der Waals surface area contributed by atoms with Crippen molar-refractivity contribution >= 4 is 11.6 Å². The highest BCUT2D eigenvalue weighted by Crippen LogP contribution is 2.00. The molecule has 0 aliphatic heterocycles. The summed E-state index contributed by atoms with van der Waals surface area (Å²) >= 11 is 5.28. The molecule has 1 rings (SSSR count). The summed E-state index contributed by atoms with van der Waals surface area (Å²) in [4.78, 5) is 10.2. The van der Waals surface area contributed by atoms with Gasteiger partial charge in [-0.3, -0.25) is 0 Å². The molecule has 0 atom stereocenters. The molecule has 0 bridgehead atoms. The molecule has 1 aromatic heterocycles. The highest BCUT2D eigenvalue weighted by atomic mass is 35.5. The largest absolute Gasteiger partial charge is 0.411 e. The first kappa shape index (κ1) is 5.38. The van der Waals surface area contributed by atoms with Crippen LogP contribution < -0.4 is 5.63 Å². The predicted molar refractivity (Wildman–Crippen MR) is 30.0 cm³/mol. The van der Waals surface area contributed by atoms with E-state index in [0.29, 0.717) is 0 Å². The third-order valence-electron chi connectivity index (χ3n) is 0.658. The van der Waals surface area contributed by atoms with Crippen molar-refractivity contribution in [2.75, 3.05) is 0 Å². The van der Waals surface area contributed by atoms with Gasteiger partial charge in [-0.25, -0.2) is 4.79 Å². The van der Waals surface area contributed by atoms with Crippen LogP contribution in [0.4, 0.5) is 0 Å². The molecule has 0 spiro atoms. The van der Waals surface area contributed by atoms with E-state index in [-0.39, 0.29) is 5.22 Å². The molecule has 0 fully saturated rings. The minimum absolute atomic E-state index is 0.123. The summed E-state index contributed by atoms with van der Waals surface area (Å²) in [6, 6.07) is 4.34. The molecule has 0 amide bonds. The van der Waals surface area contributed by atoms with Crippen LogP contribution in [-0.4, -0.2) is 0 Å². The van der Waals surface area contributed by atoms with Gasteiger partial charge in [0.15, 0.2) is 5.22 Å². The lowest BCUT2D eigenvalue weighted by molar-refractivity contribution is 0.513. The quantitative estimate of drug-likeness (QED) is 0.530. The van der Waals surface area contributed by atoms with Crippen molar-refractivity contribution in [3.63, 3.8) is 0 Å². The third kappa shape index (κ3) is 1.10. The Morgan fingerprint density at radius 3 is 2.62 bits per heavy atom. The van der Waals surface area contributed by atoms with Gasteiger partial charge in [-0.2, -0.15) is 0 Å². The normalized spacial score (nSPS) is 9.12. The molecule has 0 aliphatic rings. The molecule has 1 aromatic rings. The number of rotatable bonds is 0. The number of hydrogen-bond acceptors (Lipinski definition) is 2. The van der Waals surface area contributed by atoms with Gasteiger partial charge in [0.1, 0.15) is 0 Å². The second kappa shape index (κ2) is 2.01. The lowest BCUT2D eigenvalue weighted by Crippen LogP contribution is -1.92. The summed E-state index contributed by atoms with van der Waals surface area (Å²) in [5.41, 5.74) is -0.419. The summed E-state index contributed by atoms with van der Waals surface area (Å²) in [5.74, 6) is 0. The van der Waals surface area contributed by atoms with Crippen LogP contribution in [0.1, 0.15) is 0 Å². The average Bonchev–Trinajstić information content (AvgIpc) is 1.64. The van der Waals surface area contributed by atoms with Crippen LogP contribution in [0.25, 0.3) is 0 Å². The SMILES string of the molecule is O=c1cccc(Cl)o1. The van der Waals surface area contributed by atoms with Crippen molar-refractivity contribution in [1.82, 2.24) is 0 Å². The van der Waals surface area contributed by atoms with Crippen LogP contribution in [-0.2, 0) is 0 Å². The lowest BCUT2D eigenvalue weighted by Gasteiger charge is -1.80. The van der Waals surface area contributed by atoms with E-state index < -0.39 is 5.63 Å². The van der Waals surface area contributed by atoms with Crippen molar-refractivity contribution in [3.8, 4) is 0 Å². The van der Waals surface area contributed by atoms with E-state index in [1.807, 2.05) is 0 Å². The minimum Gasteiger partial charge on any atom is -0.411 e. The van der Waals surface area contributed by atoms with Crippen molar-refractivity contribution in [2.24, 2.45) is 0 Å². The van der Waals surface area contributed by atoms with Gasteiger partial charge in [0.25, 0.3) is 0 Å². The zero-order chi connectivity index (χ0) is 5.98. The van der Waals surface area contributed by atoms with Crippen LogP contribution in [0, 0.1) is 0 Å². The van der Waals surface area contributed by atoms with E-state index in [0.717, 1.165) is 0 Å². The molecular weight excluding hydrogens is 128 g/mol. The van der Waals surface area contributed by atoms with Crippen LogP contribution in [0.5, 0.6) is 0 Å². The molecule has 0 saturated carbocycles. The first-order valence-corrected chi connectivity index (χ1v) is 2.42. The molecule has 2 nitrogen and oxygen atoms in total. The van der Waals surface area contributed by atoms with Crippen molar-refractivity contribution in [2.45, 2.75) is 0 Å². The van der Waals surface area contributed by atoms with Gasteiger partial charge in [0.2, 0.25) is 0 Å². The second-order valence-corrected chi connectivity index (χ2v) is 1.62. The Morgan fingerprint density at radius 2 is 2.25 bits per heavy atom. The molecule has 3 heteroatoms. The van der Waals surface area contributed by atoms with E-state index >= 15 is 0 Å². The highest BCUT2D eigenvalue weighted by Gasteiger charge is 1.85. The fourth-order valence-electron chi connectivity index (χ4n) is 0.366. The van der Waals surface area contributed by atoms with Crippen molar-refractivity contribution in [1.29, 1.82) is 0 Å². The predicted octanol–water partition coefficient (Wildman–Crippen LogP) is 1.29. The van der Waals surface area contributed by atoms with Gasteiger partial charge < -0.3 is 4.42 Å². The number of halogens is 1. The Labute approximate surface area is 50.7 Å². The molecule has 0 N–H and O–H groups in total. The molecule has 0 aromatic carbocycles. The van der Waals surface area contributed by atoms with Crippen LogP contribution >= 0.6 is 11.6 Å². The van der Waals surface area contributed by atoms with E-state index in [1.165, 1.54) is 18.2 Å². The summed E-state index contributed by atoms with van der Waals surface area (Å²) < 4.78 is 4.39. The molecular formula is C5H3ClO2. The van der Waals surface area contributed by atoms with Gasteiger partial charge in [0.05, 0.1) is 0 Å². The summed E-state index contributed by atoms with van der Waals surface area (Å²) in [6.07, 6.45) is 0. The third-order valence-corrected chi connectivity index (χ3v) is 0.861. The fourth-order valence-corrected chi connectivity index (χ4v) is 0.515. The molecule has 1 heterocycles. The minimum atomic E-state index is -0.419. The maximum atomic E-state index is 10.2. The Hall–Kier alpha value is -0.760. The number of hydrogen-bond donors (Lipinski definition) is 0. The van der Waals surface area contributed by atoms with E-state index in [2.05, 4.69) is 4.42 Å². The molecule has 0 radical (unpaired) electrons. The van der Waals surface area contributed by atoms with Crippen molar-refractivity contribution < 1.29 is 4.42 Å². The Balaban J connectivity index is 3.28. The first-order chi connectivity index (χ1) is 3.79. The Kier molecular flexibility index (Phi) is 1.35. The van der Waals surface area contributed by atoms with Crippen molar-refractivity contribution in [3.05, 3.63) is 33.8 Å². The van der Waals surface area contributed by atoms with Gasteiger partial charge in [-0.05, 0) is 17.7 Å². The van der Waals surface area contributed by atoms with Crippen LogP contribution in [0.15, 0.2) is 27.4 Å². The summed E-state index contributed by atoms with van der Waals surface area (Å²) in [6.45, 7) is 0. The van der Waals surface area contributed by atoms with Crippen LogP contribution in [0.2, 0.25) is 5.22 Å². The van der Waals surface area contributed by atoms with Gasteiger partial charge in [0, 0.05) is 6.07 Å². The fraction of sp³-hybridized carbons (Fsp3) is 0. The Bertz CT molecular complexity index is 228. The molecule has 0 unspecified atom stereocenters.